The molecule has 1 fully saturated rings. The predicted octanol–water partition coefficient (Wildman–Crippen LogP) is 2.95. The van der Waals surface area contributed by atoms with Gasteiger partial charge in [0.15, 0.2) is 0 Å². The van der Waals surface area contributed by atoms with E-state index in [9.17, 15) is 0 Å². The lowest BCUT2D eigenvalue weighted by molar-refractivity contribution is 0.0398. The monoisotopic (exact) mass is 361 g/mol. The smallest absolute Gasteiger partial charge is 0.149 e. The Morgan fingerprint density at radius 2 is 1.70 bits per heavy atom. The molecule has 1 N–H and O–H groups in total. The van der Waals surface area contributed by atoms with Crippen molar-refractivity contribution in [2.75, 3.05) is 44.7 Å². The summed E-state index contributed by atoms with van der Waals surface area (Å²) in [6.07, 6.45) is 3.56. The molecule has 0 spiro atoms. The van der Waals surface area contributed by atoms with E-state index in [2.05, 4.69) is 43.6 Å². The Balaban J connectivity index is 1.55. The van der Waals surface area contributed by atoms with Gasteiger partial charge in [-0.3, -0.25) is 9.88 Å². The van der Waals surface area contributed by atoms with Gasteiger partial charge in [-0.1, -0.05) is 30.3 Å². The number of benzene rings is 1. The third-order valence-corrected chi connectivity index (χ3v) is 4.67. The van der Waals surface area contributed by atoms with Crippen molar-refractivity contribution in [1.82, 2.24) is 20.1 Å². The second kappa shape index (κ2) is 8.70. The Kier molecular flexibility index (Phi) is 5.67. The van der Waals surface area contributed by atoms with Gasteiger partial charge in [0.25, 0.3) is 0 Å². The summed E-state index contributed by atoms with van der Waals surface area (Å²) in [6, 6.07) is 16.3. The summed E-state index contributed by atoms with van der Waals surface area (Å²) in [5.74, 6) is 0.792. The van der Waals surface area contributed by atoms with Gasteiger partial charge in [-0.25, -0.2) is 0 Å². The number of hydrogen-bond donors (Lipinski definition) is 1. The highest BCUT2D eigenvalue weighted by Crippen LogP contribution is 2.30. The highest BCUT2D eigenvalue weighted by molar-refractivity contribution is 5.81. The Bertz CT molecular complexity index is 851. The van der Waals surface area contributed by atoms with Crippen molar-refractivity contribution < 1.29 is 4.74 Å². The minimum Gasteiger partial charge on any atom is -0.379 e. The molecule has 138 valence electrons. The maximum atomic E-state index is 5.40. The van der Waals surface area contributed by atoms with E-state index >= 15 is 0 Å². The number of hydrogen-bond acceptors (Lipinski definition) is 6. The van der Waals surface area contributed by atoms with Gasteiger partial charge in [0.05, 0.1) is 13.2 Å². The fourth-order valence-corrected chi connectivity index (χ4v) is 3.21. The van der Waals surface area contributed by atoms with Crippen molar-refractivity contribution in [3.05, 3.63) is 60.9 Å². The number of aromatic nitrogens is 3. The fraction of sp³-hybridized carbons (Fsp3) is 0.286. The molecule has 1 aromatic carbocycles. The normalized spacial score (nSPS) is 14.8. The lowest BCUT2D eigenvalue weighted by Crippen LogP contribution is -2.39. The lowest BCUT2D eigenvalue weighted by Gasteiger charge is -2.26. The van der Waals surface area contributed by atoms with Gasteiger partial charge in [-0.2, -0.15) is 0 Å². The molecule has 0 atom stereocenters. The van der Waals surface area contributed by atoms with Crippen LogP contribution in [-0.2, 0) is 4.74 Å². The Morgan fingerprint density at radius 3 is 2.48 bits per heavy atom. The van der Waals surface area contributed by atoms with Gasteiger partial charge in [-0.05, 0) is 23.8 Å². The van der Waals surface area contributed by atoms with Crippen LogP contribution in [0.5, 0.6) is 0 Å². The molecule has 0 amide bonds. The van der Waals surface area contributed by atoms with E-state index in [1.807, 2.05) is 30.3 Å². The van der Waals surface area contributed by atoms with E-state index in [4.69, 9.17) is 4.74 Å². The zero-order chi connectivity index (χ0) is 18.3. The summed E-state index contributed by atoms with van der Waals surface area (Å²) >= 11 is 0. The van der Waals surface area contributed by atoms with Gasteiger partial charge in [-0.15, -0.1) is 10.2 Å². The molecular formula is C21H23N5O. The first-order valence-corrected chi connectivity index (χ1v) is 9.28. The van der Waals surface area contributed by atoms with Crippen molar-refractivity contribution in [2.24, 2.45) is 0 Å². The molecule has 6 heteroatoms. The number of anilines is 1. The highest BCUT2D eigenvalue weighted by atomic mass is 16.5. The zero-order valence-electron chi connectivity index (χ0n) is 15.2. The zero-order valence-corrected chi connectivity index (χ0v) is 15.2. The van der Waals surface area contributed by atoms with Crippen molar-refractivity contribution in [2.45, 2.75) is 0 Å². The quantitative estimate of drug-likeness (QED) is 0.728. The molecule has 0 bridgehead atoms. The predicted molar refractivity (Wildman–Crippen MR) is 106 cm³/mol. The van der Waals surface area contributed by atoms with Gasteiger partial charge < -0.3 is 10.1 Å². The van der Waals surface area contributed by atoms with Crippen LogP contribution < -0.4 is 5.32 Å². The number of rotatable bonds is 6. The molecule has 0 saturated carbocycles. The molecule has 0 aliphatic carbocycles. The summed E-state index contributed by atoms with van der Waals surface area (Å²) in [7, 11) is 0. The standard InChI is InChI=1S/C21H23N5O/c1-2-4-17(5-3-1)19-16-20(23-10-11-26-12-14-27-15-13-26)24-25-21(19)18-6-8-22-9-7-18/h1-9,16H,10-15H2,(H,23,24). The molecule has 2 aromatic heterocycles. The van der Waals surface area contributed by atoms with Crippen LogP contribution in [0.4, 0.5) is 5.82 Å². The molecule has 0 radical (unpaired) electrons. The van der Waals surface area contributed by atoms with Gasteiger partial charge in [0.2, 0.25) is 0 Å². The SMILES string of the molecule is c1ccc(-c2cc(NCCN3CCOCC3)nnc2-c2ccncc2)cc1. The second-order valence-electron chi connectivity index (χ2n) is 6.47. The van der Waals surface area contributed by atoms with E-state index in [0.717, 1.165) is 67.6 Å². The maximum absolute atomic E-state index is 5.40. The highest BCUT2D eigenvalue weighted by Gasteiger charge is 2.13. The minimum absolute atomic E-state index is 0.792. The van der Waals surface area contributed by atoms with Crippen LogP contribution >= 0.6 is 0 Å². The van der Waals surface area contributed by atoms with Gasteiger partial charge >= 0.3 is 0 Å². The van der Waals surface area contributed by atoms with Crippen molar-refractivity contribution in [3.63, 3.8) is 0 Å². The largest absolute Gasteiger partial charge is 0.379 e. The van der Waals surface area contributed by atoms with Crippen LogP contribution in [0.2, 0.25) is 0 Å². The van der Waals surface area contributed by atoms with E-state index in [0.29, 0.717) is 0 Å². The third-order valence-electron chi connectivity index (χ3n) is 4.67. The summed E-state index contributed by atoms with van der Waals surface area (Å²) in [5, 5.41) is 12.3. The maximum Gasteiger partial charge on any atom is 0.149 e. The number of nitrogens with one attached hydrogen (secondary N) is 1. The molecule has 4 rings (SSSR count). The topological polar surface area (TPSA) is 63.2 Å². The summed E-state index contributed by atoms with van der Waals surface area (Å²) in [4.78, 5) is 6.50. The first-order chi connectivity index (χ1) is 13.4. The Hall–Kier alpha value is -2.83. The molecule has 3 aromatic rings. The van der Waals surface area contributed by atoms with Crippen LogP contribution in [0.25, 0.3) is 22.4 Å². The van der Waals surface area contributed by atoms with Crippen molar-refractivity contribution >= 4 is 5.82 Å². The third kappa shape index (κ3) is 4.48. The van der Waals surface area contributed by atoms with Crippen LogP contribution in [0.3, 0.4) is 0 Å². The van der Waals surface area contributed by atoms with E-state index in [-0.39, 0.29) is 0 Å². The van der Waals surface area contributed by atoms with E-state index in [1.165, 1.54) is 0 Å². The lowest BCUT2D eigenvalue weighted by atomic mass is 10.0. The van der Waals surface area contributed by atoms with Crippen LogP contribution in [0.1, 0.15) is 0 Å². The number of morpholine rings is 1. The van der Waals surface area contributed by atoms with E-state index < -0.39 is 0 Å². The molecular weight excluding hydrogens is 338 g/mol. The fourth-order valence-electron chi connectivity index (χ4n) is 3.21. The molecule has 27 heavy (non-hydrogen) atoms. The van der Waals surface area contributed by atoms with Crippen LogP contribution in [-0.4, -0.2) is 59.5 Å². The second-order valence-corrected chi connectivity index (χ2v) is 6.47. The molecule has 1 aliphatic rings. The number of nitrogens with zero attached hydrogens (tertiary/aromatic N) is 4. The molecule has 6 nitrogen and oxygen atoms in total. The van der Waals surface area contributed by atoms with Crippen molar-refractivity contribution in [1.29, 1.82) is 0 Å². The van der Waals surface area contributed by atoms with E-state index in [1.54, 1.807) is 12.4 Å². The van der Waals surface area contributed by atoms with Crippen LogP contribution in [0, 0.1) is 0 Å². The van der Waals surface area contributed by atoms with Gasteiger partial charge in [0, 0.05) is 49.7 Å². The minimum atomic E-state index is 0.792. The molecule has 0 unspecified atom stereocenters. The van der Waals surface area contributed by atoms with Crippen molar-refractivity contribution in [3.8, 4) is 22.4 Å². The molecule has 3 heterocycles. The first kappa shape index (κ1) is 17.6. The molecule has 1 aliphatic heterocycles. The summed E-state index contributed by atoms with van der Waals surface area (Å²) in [5.41, 5.74) is 4.06. The Labute approximate surface area is 159 Å². The van der Waals surface area contributed by atoms with Gasteiger partial charge in [0.1, 0.15) is 11.5 Å². The first-order valence-electron chi connectivity index (χ1n) is 9.28. The van der Waals surface area contributed by atoms with Crippen LogP contribution in [0.15, 0.2) is 60.9 Å². The summed E-state index contributed by atoms with van der Waals surface area (Å²) < 4.78 is 5.40. The molecule has 1 saturated heterocycles. The average Bonchev–Trinajstić information content (AvgIpc) is 2.76. The number of pyridine rings is 1. The average molecular weight is 361 g/mol. The number of ether oxygens (including phenoxy) is 1. The Morgan fingerprint density at radius 1 is 0.926 bits per heavy atom. The summed E-state index contributed by atoms with van der Waals surface area (Å²) in [6.45, 7) is 5.42.